The number of ether oxygens (including phenoxy) is 2. The van der Waals surface area contributed by atoms with Crippen LogP contribution < -0.4 is 14.8 Å². The van der Waals surface area contributed by atoms with E-state index in [9.17, 15) is 0 Å². The van der Waals surface area contributed by atoms with Crippen molar-refractivity contribution in [2.24, 2.45) is 5.92 Å². The molecule has 0 aliphatic heterocycles. The third-order valence-corrected chi connectivity index (χ3v) is 3.72. The summed E-state index contributed by atoms with van der Waals surface area (Å²) in [5.41, 5.74) is 1.22. The van der Waals surface area contributed by atoms with Crippen molar-refractivity contribution in [2.45, 2.75) is 39.7 Å². The molecule has 3 nitrogen and oxygen atoms in total. The average molecular weight is 265 g/mol. The molecule has 0 heterocycles. The molecular formula is C16H27NO2. The largest absolute Gasteiger partial charge is 0.497 e. The zero-order valence-corrected chi connectivity index (χ0v) is 12.8. The van der Waals surface area contributed by atoms with Crippen LogP contribution in [0, 0.1) is 5.92 Å². The second-order valence-corrected chi connectivity index (χ2v) is 4.72. The van der Waals surface area contributed by atoms with E-state index in [4.69, 9.17) is 9.47 Å². The molecule has 0 bridgehead atoms. The molecule has 1 N–H and O–H groups in total. The lowest BCUT2D eigenvalue weighted by molar-refractivity contribution is 0.328. The molecule has 1 aromatic rings. The lowest BCUT2D eigenvalue weighted by atomic mass is 9.88. The zero-order valence-electron chi connectivity index (χ0n) is 12.8. The van der Waals surface area contributed by atoms with Crippen LogP contribution in [-0.4, -0.2) is 20.8 Å². The van der Waals surface area contributed by atoms with Gasteiger partial charge in [0.15, 0.2) is 0 Å². The molecule has 0 saturated heterocycles. The topological polar surface area (TPSA) is 30.5 Å². The van der Waals surface area contributed by atoms with E-state index in [2.05, 4.69) is 32.2 Å². The molecule has 0 saturated carbocycles. The summed E-state index contributed by atoms with van der Waals surface area (Å²) in [4.78, 5) is 0. The van der Waals surface area contributed by atoms with Crippen molar-refractivity contribution in [3.63, 3.8) is 0 Å². The van der Waals surface area contributed by atoms with E-state index >= 15 is 0 Å². The molecule has 1 atom stereocenters. The maximum atomic E-state index is 5.53. The van der Waals surface area contributed by atoms with Gasteiger partial charge in [0.25, 0.3) is 0 Å². The lowest BCUT2D eigenvalue weighted by Crippen LogP contribution is -2.28. The number of rotatable bonds is 8. The quantitative estimate of drug-likeness (QED) is 0.775. The van der Waals surface area contributed by atoms with Gasteiger partial charge < -0.3 is 14.8 Å². The van der Waals surface area contributed by atoms with Crippen LogP contribution in [0.1, 0.15) is 45.2 Å². The fraction of sp³-hybridized carbons (Fsp3) is 0.625. The van der Waals surface area contributed by atoms with Crippen molar-refractivity contribution in [1.29, 1.82) is 0 Å². The smallest absolute Gasteiger partial charge is 0.127 e. The Morgan fingerprint density at radius 1 is 1.05 bits per heavy atom. The summed E-state index contributed by atoms with van der Waals surface area (Å²) >= 11 is 0. The standard InChI is InChI=1S/C16H27NO2/c1-6-12(7-2)16(17-8-3)14-10-9-13(18-4)11-15(14)19-5/h9-12,16-17H,6-8H2,1-5H3. The van der Waals surface area contributed by atoms with Crippen LogP contribution in [0.4, 0.5) is 0 Å². The van der Waals surface area contributed by atoms with E-state index in [-0.39, 0.29) is 0 Å². The summed E-state index contributed by atoms with van der Waals surface area (Å²) in [6.45, 7) is 7.59. The van der Waals surface area contributed by atoms with Gasteiger partial charge in [0.2, 0.25) is 0 Å². The van der Waals surface area contributed by atoms with Crippen LogP contribution >= 0.6 is 0 Å². The number of benzene rings is 1. The van der Waals surface area contributed by atoms with Gasteiger partial charge in [0.05, 0.1) is 14.2 Å². The minimum absolute atomic E-state index is 0.334. The van der Waals surface area contributed by atoms with E-state index in [1.54, 1.807) is 14.2 Å². The van der Waals surface area contributed by atoms with Crippen molar-refractivity contribution in [3.05, 3.63) is 23.8 Å². The summed E-state index contributed by atoms with van der Waals surface area (Å²) in [7, 11) is 3.39. The van der Waals surface area contributed by atoms with Crippen molar-refractivity contribution in [2.75, 3.05) is 20.8 Å². The first-order valence-corrected chi connectivity index (χ1v) is 7.16. The average Bonchev–Trinajstić information content (AvgIpc) is 2.46. The number of hydrogen-bond acceptors (Lipinski definition) is 3. The third-order valence-electron chi connectivity index (χ3n) is 3.72. The Morgan fingerprint density at radius 2 is 1.74 bits per heavy atom. The molecular weight excluding hydrogens is 238 g/mol. The van der Waals surface area contributed by atoms with Gasteiger partial charge in [-0.3, -0.25) is 0 Å². The second kappa shape index (κ2) is 8.05. The Morgan fingerprint density at radius 3 is 2.21 bits per heavy atom. The first-order valence-electron chi connectivity index (χ1n) is 7.16. The van der Waals surface area contributed by atoms with Crippen molar-refractivity contribution < 1.29 is 9.47 Å². The highest BCUT2D eigenvalue weighted by atomic mass is 16.5. The molecule has 0 aliphatic rings. The maximum Gasteiger partial charge on any atom is 0.127 e. The van der Waals surface area contributed by atoms with Gasteiger partial charge in [-0.15, -0.1) is 0 Å². The predicted molar refractivity (Wildman–Crippen MR) is 80.0 cm³/mol. The van der Waals surface area contributed by atoms with E-state index < -0.39 is 0 Å². The monoisotopic (exact) mass is 265 g/mol. The van der Waals surface area contributed by atoms with Crippen LogP contribution in [0.5, 0.6) is 11.5 Å². The molecule has 108 valence electrons. The Labute approximate surface area is 117 Å². The van der Waals surface area contributed by atoms with E-state index in [0.29, 0.717) is 12.0 Å². The number of methoxy groups -OCH3 is 2. The molecule has 0 aliphatic carbocycles. The minimum atomic E-state index is 0.334. The van der Waals surface area contributed by atoms with Crippen LogP contribution in [0.25, 0.3) is 0 Å². The van der Waals surface area contributed by atoms with Crippen LogP contribution in [0.2, 0.25) is 0 Å². The van der Waals surface area contributed by atoms with Gasteiger partial charge in [0, 0.05) is 17.7 Å². The molecule has 0 fully saturated rings. The first-order chi connectivity index (χ1) is 9.21. The molecule has 3 heteroatoms. The second-order valence-electron chi connectivity index (χ2n) is 4.72. The van der Waals surface area contributed by atoms with Crippen molar-refractivity contribution in [1.82, 2.24) is 5.32 Å². The summed E-state index contributed by atoms with van der Waals surface area (Å²) in [6.07, 6.45) is 2.31. The zero-order chi connectivity index (χ0) is 14.3. The fourth-order valence-electron chi connectivity index (χ4n) is 2.59. The highest BCUT2D eigenvalue weighted by molar-refractivity contribution is 5.42. The highest BCUT2D eigenvalue weighted by Gasteiger charge is 2.22. The van der Waals surface area contributed by atoms with Gasteiger partial charge in [-0.05, 0) is 18.5 Å². The molecule has 0 spiro atoms. The molecule has 0 amide bonds. The Kier molecular flexibility index (Phi) is 6.71. The summed E-state index contributed by atoms with van der Waals surface area (Å²) in [6, 6.07) is 6.41. The van der Waals surface area contributed by atoms with Crippen molar-refractivity contribution in [3.8, 4) is 11.5 Å². The lowest BCUT2D eigenvalue weighted by Gasteiger charge is -2.28. The van der Waals surface area contributed by atoms with Crippen LogP contribution in [0.3, 0.4) is 0 Å². The maximum absolute atomic E-state index is 5.53. The van der Waals surface area contributed by atoms with E-state index in [1.807, 2.05) is 12.1 Å². The molecule has 1 unspecified atom stereocenters. The van der Waals surface area contributed by atoms with Gasteiger partial charge in [-0.25, -0.2) is 0 Å². The minimum Gasteiger partial charge on any atom is -0.497 e. The van der Waals surface area contributed by atoms with Gasteiger partial charge in [-0.2, -0.15) is 0 Å². The Hall–Kier alpha value is -1.22. The van der Waals surface area contributed by atoms with Crippen LogP contribution in [-0.2, 0) is 0 Å². The Bertz CT molecular complexity index is 375. The van der Waals surface area contributed by atoms with Crippen molar-refractivity contribution >= 4 is 0 Å². The third kappa shape index (κ3) is 3.87. The van der Waals surface area contributed by atoms with Crippen LogP contribution in [0.15, 0.2) is 18.2 Å². The molecule has 0 radical (unpaired) electrons. The van der Waals surface area contributed by atoms with Gasteiger partial charge in [-0.1, -0.05) is 39.7 Å². The number of hydrogen-bond donors (Lipinski definition) is 1. The summed E-state index contributed by atoms with van der Waals surface area (Å²) in [5, 5.41) is 3.59. The predicted octanol–water partition coefficient (Wildman–Crippen LogP) is 3.79. The summed E-state index contributed by atoms with van der Waals surface area (Å²) < 4.78 is 10.8. The Balaban J connectivity index is 3.13. The van der Waals surface area contributed by atoms with Gasteiger partial charge >= 0.3 is 0 Å². The number of nitrogens with one attached hydrogen (secondary N) is 1. The normalized spacial score (nSPS) is 12.5. The SMILES string of the molecule is CCNC(c1ccc(OC)cc1OC)C(CC)CC. The molecule has 1 aromatic carbocycles. The molecule has 1 rings (SSSR count). The molecule has 19 heavy (non-hydrogen) atoms. The highest BCUT2D eigenvalue weighted by Crippen LogP contribution is 2.35. The van der Waals surface area contributed by atoms with E-state index in [1.165, 1.54) is 5.56 Å². The first kappa shape index (κ1) is 15.8. The molecule has 0 aromatic heterocycles. The summed E-state index contributed by atoms with van der Waals surface area (Å²) in [5.74, 6) is 2.35. The van der Waals surface area contributed by atoms with E-state index in [0.717, 1.165) is 30.9 Å². The van der Waals surface area contributed by atoms with Gasteiger partial charge in [0.1, 0.15) is 11.5 Å². The fourth-order valence-corrected chi connectivity index (χ4v) is 2.59.